The fraction of sp³-hybridized carbons (Fsp3) is 0.750. The van der Waals surface area contributed by atoms with Crippen LogP contribution in [0.4, 0.5) is 5.82 Å². The third-order valence-electron chi connectivity index (χ3n) is 4.08. The van der Waals surface area contributed by atoms with E-state index in [1.54, 1.807) is 4.68 Å². The Balaban J connectivity index is 1.92. The zero-order valence-corrected chi connectivity index (χ0v) is 10.5. The van der Waals surface area contributed by atoms with E-state index in [1.165, 1.54) is 25.9 Å². The molecule has 16 heavy (non-hydrogen) atoms. The summed E-state index contributed by atoms with van der Waals surface area (Å²) in [6, 6.07) is 0. The lowest BCUT2D eigenvalue weighted by Gasteiger charge is -2.50. The number of aromatic nitrogens is 2. The molecule has 0 bridgehead atoms. The molecular weight excluding hydrogens is 200 g/mol. The summed E-state index contributed by atoms with van der Waals surface area (Å²) < 4.78 is 1.74. The molecule has 90 valence electrons. The zero-order valence-electron chi connectivity index (χ0n) is 10.5. The maximum Gasteiger partial charge on any atom is 0.125 e. The van der Waals surface area contributed by atoms with Crippen LogP contribution < -0.4 is 5.73 Å². The van der Waals surface area contributed by atoms with Crippen molar-refractivity contribution in [3.8, 4) is 0 Å². The highest BCUT2D eigenvalue weighted by Gasteiger charge is 2.39. The van der Waals surface area contributed by atoms with Crippen LogP contribution in [0.3, 0.4) is 0 Å². The molecule has 1 saturated heterocycles. The minimum absolute atomic E-state index is 0.566. The first-order valence-electron chi connectivity index (χ1n) is 6.09. The number of aryl methyl sites for hydroxylation is 1. The van der Waals surface area contributed by atoms with Crippen LogP contribution in [0.15, 0.2) is 6.20 Å². The maximum atomic E-state index is 5.94. The van der Waals surface area contributed by atoms with E-state index in [9.17, 15) is 0 Å². The Hall–Kier alpha value is -1.03. The molecule has 1 aromatic rings. The van der Waals surface area contributed by atoms with Crippen LogP contribution in [0.1, 0.15) is 32.3 Å². The Labute approximate surface area is 97.4 Å². The minimum Gasteiger partial charge on any atom is -0.384 e. The average molecular weight is 222 g/mol. The average Bonchev–Trinajstić information content (AvgIpc) is 2.54. The van der Waals surface area contributed by atoms with Gasteiger partial charge in [0.2, 0.25) is 0 Å². The van der Waals surface area contributed by atoms with Crippen LogP contribution >= 0.6 is 0 Å². The quantitative estimate of drug-likeness (QED) is 0.842. The number of rotatable bonds is 4. The van der Waals surface area contributed by atoms with Gasteiger partial charge < -0.3 is 5.73 Å². The standard InChI is InChI=1S/C12H22N4/c1-4-12(5-2)8-16(9-12)7-10-6-14-15(3)11(10)13/h6H,4-5,7-9,13H2,1-3H3. The lowest BCUT2D eigenvalue weighted by molar-refractivity contribution is -0.0119. The van der Waals surface area contributed by atoms with Crippen molar-refractivity contribution in [1.82, 2.24) is 14.7 Å². The van der Waals surface area contributed by atoms with E-state index < -0.39 is 0 Å². The van der Waals surface area contributed by atoms with Gasteiger partial charge >= 0.3 is 0 Å². The second-order valence-electron chi connectivity index (χ2n) is 5.03. The van der Waals surface area contributed by atoms with Gasteiger partial charge in [0.25, 0.3) is 0 Å². The fourth-order valence-corrected chi connectivity index (χ4v) is 2.57. The Kier molecular flexibility index (Phi) is 2.93. The van der Waals surface area contributed by atoms with Crippen molar-refractivity contribution in [2.24, 2.45) is 12.5 Å². The van der Waals surface area contributed by atoms with Crippen LogP contribution in [0.2, 0.25) is 0 Å². The highest BCUT2D eigenvalue weighted by atomic mass is 15.3. The fourth-order valence-electron chi connectivity index (χ4n) is 2.57. The van der Waals surface area contributed by atoms with Crippen LogP contribution in [0, 0.1) is 5.41 Å². The van der Waals surface area contributed by atoms with Gasteiger partial charge in [-0.1, -0.05) is 13.8 Å². The molecule has 0 atom stereocenters. The topological polar surface area (TPSA) is 47.1 Å². The molecule has 0 unspecified atom stereocenters. The normalized spacial score (nSPS) is 19.7. The van der Waals surface area contributed by atoms with Crippen LogP contribution in [-0.4, -0.2) is 27.8 Å². The van der Waals surface area contributed by atoms with Crippen molar-refractivity contribution in [2.45, 2.75) is 33.2 Å². The third kappa shape index (κ3) is 1.82. The molecule has 1 aliphatic heterocycles. The summed E-state index contributed by atoms with van der Waals surface area (Å²) in [5.74, 6) is 0.797. The highest BCUT2D eigenvalue weighted by molar-refractivity contribution is 5.38. The number of nitrogens with two attached hydrogens (primary N) is 1. The Morgan fingerprint density at radius 3 is 2.44 bits per heavy atom. The number of likely N-dealkylation sites (tertiary alicyclic amines) is 1. The smallest absolute Gasteiger partial charge is 0.125 e. The third-order valence-corrected chi connectivity index (χ3v) is 4.08. The second kappa shape index (κ2) is 4.09. The monoisotopic (exact) mass is 222 g/mol. The lowest BCUT2D eigenvalue weighted by atomic mass is 9.75. The molecule has 2 heterocycles. The predicted molar refractivity (Wildman–Crippen MR) is 65.9 cm³/mol. The van der Waals surface area contributed by atoms with Crippen molar-refractivity contribution < 1.29 is 0 Å². The summed E-state index contributed by atoms with van der Waals surface area (Å²) in [5.41, 5.74) is 7.66. The summed E-state index contributed by atoms with van der Waals surface area (Å²) in [5, 5.41) is 4.17. The number of nitrogen functional groups attached to an aromatic ring is 1. The molecule has 2 rings (SSSR count). The molecule has 4 heteroatoms. The summed E-state index contributed by atoms with van der Waals surface area (Å²) in [6.07, 6.45) is 4.44. The van der Waals surface area contributed by atoms with E-state index >= 15 is 0 Å². The van der Waals surface area contributed by atoms with Gasteiger partial charge in [-0.2, -0.15) is 5.10 Å². The van der Waals surface area contributed by atoms with Gasteiger partial charge in [0.05, 0.1) is 6.20 Å². The van der Waals surface area contributed by atoms with Gasteiger partial charge in [-0.3, -0.25) is 9.58 Å². The number of hydrogen-bond donors (Lipinski definition) is 1. The zero-order chi connectivity index (χ0) is 11.8. The summed E-state index contributed by atoms with van der Waals surface area (Å²) in [7, 11) is 1.89. The molecule has 0 saturated carbocycles. The van der Waals surface area contributed by atoms with Gasteiger partial charge in [0.15, 0.2) is 0 Å². The van der Waals surface area contributed by atoms with Crippen LogP contribution in [-0.2, 0) is 13.6 Å². The largest absolute Gasteiger partial charge is 0.384 e. The first-order chi connectivity index (χ1) is 7.60. The Morgan fingerprint density at radius 1 is 1.38 bits per heavy atom. The molecule has 0 amide bonds. The second-order valence-corrected chi connectivity index (χ2v) is 5.03. The van der Waals surface area contributed by atoms with Crippen molar-refractivity contribution in [3.63, 3.8) is 0 Å². The van der Waals surface area contributed by atoms with Gasteiger partial charge in [-0.05, 0) is 18.3 Å². The number of nitrogens with zero attached hydrogens (tertiary/aromatic N) is 3. The molecule has 0 radical (unpaired) electrons. The first kappa shape index (κ1) is 11.5. The van der Waals surface area contributed by atoms with Gasteiger partial charge in [0, 0.05) is 32.2 Å². The number of hydrogen-bond acceptors (Lipinski definition) is 3. The molecule has 4 nitrogen and oxygen atoms in total. The molecule has 0 aromatic carbocycles. The SMILES string of the molecule is CCC1(CC)CN(Cc2cnn(C)c2N)C1. The van der Waals surface area contributed by atoms with Gasteiger partial charge in [-0.15, -0.1) is 0 Å². The van der Waals surface area contributed by atoms with Crippen LogP contribution in [0.5, 0.6) is 0 Å². The molecule has 1 aliphatic rings. The van der Waals surface area contributed by atoms with Crippen molar-refractivity contribution in [2.75, 3.05) is 18.8 Å². The molecule has 1 fully saturated rings. The van der Waals surface area contributed by atoms with Gasteiger partial charge in [-0.25, -0.2) is 0 Å². The van der Waals surface area contributed by atoms with E-state index in [2.05, 4.69) is 23.8 Å². The first-order valence-corrected chi connectivity index (χ1v) is 6.09. The molecule has 0 spiro atoms. The predicted octanol–water partition coefficient (Wildman–Crippen LogP) is 1.62. The van der Waals surface area contributed by atoms with Gasteiger partial charge in [0.1, 0.15) is 5.82 Å². The lowest BCUT2D eigenvalue weighted by Crippen LogP contribution is -2.54. The van der Waals surface area contributed by atoms with Crippen molar-refractivity contribution in [1.29, 1.82) is 0 Å². The molecule has 1 aromatic heterocycles. The van der Waals surface area contributed by atoms with E-state index in [0.29, 0.717) is 5.41 Å². The van der Waals surface area contributed by atoms with Crippen LogP contribution in [0.25, 0.3) is 0 Å². The Bertz CT molecular complexity index is 357. The number of anilines is 1. The highest BCUT2D eigenvalue weighted by Crippen LogP contribution is 2.37. The van der Waals surface area contributed by atoms with E-state index in [1.807, 2.05) is 13.2 Å². The molecular formula is C12H22N4. The summed E-state index contributed by atoms with van der Waals surface area (Å²) in [6.45, 7) is 7.93. The van der Waals surface area contributed by atoms with E-state index in [4.69, 9.17) is 5.73 Å². The maximum absolute atomic E-state index is 5.94. The Morgan fingerprint density at radius 2 is 2.00 bits per heavy atom. The summed E-state index contributed by atoms with van der Waals surface area (Å²) >= 11 is 0. The summed E-state index contributed by atoms with van der Waals surface area (Å²) in [4.78, 5) is 2.46. The van der Waals surface area contributed by atoms with E-state index in [-0.39, 0.29) is 0 Å². The van der Waals surface area contributed by atoms with E-state index in [0.717, 1.165) is 17.9 Å². The van der Waals surface area contributed by atoms with Crippen molar-refractivity contribution in [3.05, 3.63) is 11.8 Å². The van der Waals surface area contributed by atoms with Crippen molar-refractivity contribution >= 4 is 5.82 Å². The molecule has 0 aliphatic carbocycles. The molecule has 2 N–H and O–H groups in total. The minimum atomic E-state index is 0.566.